The molecule has 0 amide bonds. The van der Waals surface area contributed by atoms with Crippen LogP contribution in [0.15, 0.2) is 0 Å². The number of aliphatic hydroxyl groups excluding tert-OH is 1. The van der Waals surface area contributed by atoms with E-state index < -0.39 is 0 Å². The number of aryl methyl sites for hydroxylation is 1. The first-order valence-corrected chi connectivity index (χ1v) is 7.11. The largest absolute Gasteiger partial charge is 0.395 e. The molecule has 0 bridgehead atoms. The first kappa shape index (κ1) is 13.8. The van der Waals surface area contributed by atoms with Gasteiger partial charge in [-0.15, -0.1) is 0 Å². The van der Waals surface area contributed by atoms with E-state index >= 15 is 0 Å². The van der Waals surface area contributed by atoms with Gasteiger partial charge in [-0.2, -0.15) is 5.26 Å². The molecule has 1 aliphatic carbocycles. The number of pyridine rings is 1. The molecule has 19 heavy (non-hydrogen) atoms. The van der Waals surface area contributed by atoms with E-state index in [1.165, 1.54) is 11.1 Å². The predicted molar refractivity (Wildman–Crippen MR) is 75.2 cm³/mol. The first-order valence-electron chi connectivity index (χ1n) is 7.11. The molecule has 0 atom stereocenters. The molecule has 4 heteroatoms. The first-order chi connectivity index (χ1) is 9.31. The fraction of sp³-hybridized carbons (Fsp3) is 0.600. The van der Waals surface area contributed by atoms with E-state index in [0.29, 0.717) is 6.54 Å². The van der Waals surface area contributed by atoms with Gasteiger partial charge in [0, 0.05) is 6.54 Å². The van der Waals surface area contributed by atoms with Gasteiger partial charge in [0.15, 0.2) is 0 Å². The van der Waals surface area contributed by atoms with Crippen LogP contribution in [0.25, 0.3) is 0 Å². The SMILES string of the molecule is CCCc1nc(NCCO)c2c(c1C#N)CCCC2. The van der Waals surface area contributed by atoms with Gasteiger partial charge in [0.1, 0.15) is 11.9 Å². The molecule has 2 N–H and O–H groups in total. The van der Waals surface area contributed by atoms with Gasteiger partial charge in [0.25, 0.3) is 0 Å². The molecule has 0 spiro atoms. The van der Waals surface area contributed by atoms with Gasteiger partial charge >= 0.3 is 0 Å². The Kier molecular flexibility index (Phi) is 4.75. The van der Waals surface area contributed by atoms with Gasteiger partial charge in [0.2, 0.25) is 0 Å². The molecule has 0 saturated carbocycles. The van der Waals surface area contributed by atoms with Crippen molar-refractivity contribution in [3.05, 3.63) is 22.4 Å². The van der Waals surface area contributed by atoms with Crippen LogP contribution in [0.5, 0.6) is 0 Å². The van der Waals surface area contributed by atoms with E-state index in [0.717, 1.165) is 55.6 Å². The Hall–Kier alpha value is -1.60. The zero-order valence-corrected chi connectivity index (χ0v) is 11.5. The molecule has 0 radical (unpaired) electrons. The summed E-state index contributed by atoms with van der Waals surface area (Å²) in [5.74, 6) is 0.881. The molecule has 1 aromatic rings. The topological polar surface area (TPSA) is 68.9 Å². The van der Waals surface area contributed by atoms with Crippen molar-refractivity contribution in [1.29, 1.82) is 5.26 Å². The van der Waals surface area contributed by atoms with Crippen LogP contribution in [0, 0.1) is 11.3 Å². The van der Waals surface area contributed by atoms with Crippen LogP contribution in [0.3, 0.4) is 0 Å². The van der Waals surface area contributed by atoms with Crippen LogP contribution < -0.4 is 5.32 Å². The van der Waals surface area contributed by atoms with E-state index in [4.69, 9.17) is 5.11 Å². The van der Waals surface area contributed by atoms with Crippen molar-refractivity contribution in [1.82, 2.24) is 4.98 Å². The minimum atomic E-state index is 0.0968. The smallest absolute Gasteiger partial charge is 0.129 e. The summed E-state index contributed by atoms with van der Waals surface area (Å²) in [6, 6.07) is 2.35. The van der Waals surface area contributed by atoms with Crippen molar-refractivity contribution in [3.8, 4) is 6.07 Å². The van der Waals surface area contributed by atoms with Crippen molar-refractivity contribution in [2.24, 2.45) is 0 Å². The second kappa shape index (κ2) is 6.53. The van der Waals surface area contributed by atoms with Gasteiger partial charge in [-0.1, -0.05) is 13.3 Å². The Balaban J connectivity index is 2.48. The van der Waals surface area contributed by atoms with Crippen molar-refractivity contribution < 1.29 is 5.11 Å². The molecule has 1 aliphatic rings. The van der Waals surface area contributed by atoms with E-state index in [1.54, 1.807) is 0 Å². The molecule has 0 aliphatic heterocycles. The summed E-state index contributed by atoms with van der Waals surface area (Å²) in [6.07, 6.45) is 6.09. The number of fused-ring (bicyclic) bond motifs is 1. The number of nitriles is 1. The molecule has 1 heterocycles. The highest BCUT2D eigenvalue weighted by Crippen LogP contribution is 2.31. The number of hydrogen-bond acceptors (Lipinski definition) is 4. The van der Waals surface area contributed by atoms with Crippen LogP contribution in [0.1, 0.15) is 48.6 Å². The molecule has 1 aromatic heterocycles. The fourth-order valence-corrected chi connectivity index (χ4v) is 2.75. The summed E-state index contributed by atoms with van der Waals surface area (Å²) in [7, 11) is 0. The quantitative estimate of drug-likeness (QED) is 0.850. The molecule has 4 nitrogen and oxygen atoms in total. The molecule has 0 saturated heterocycles. The Morgan fingerprint density at radius 3 is 2.68 bits per heavy atom. The van der Waals surface area contributed by atoms with Gasteiger partial charge in [0.05, 0.1) is 17.9 Å². The number of anilines is 1. The third kappa shape index (κ3) is 2.87. The third-order valence-corrected chi connectivity index (χ3v) is 3.59. The Bertz CT molecular complexity index is 491. The Labute approximate surface area is 114 Å². The molecule has 0 aromatic carbocycles. The third-order valence-electron chi connectivity index (χ3n) is 3.59. The van der Waals surface area contributed by atoms with Crippen LogP contribution in [0.4, 0.5) is 5.82 Å². The number of nitrogens with one attached hydrogen (secondary N) is 1. The van der Waals surface area contributed by atoms with E-state index in [1.807, 2.05) is 0 Å². The summed E-state index contributed by atoms with van der Waals surface area (Å²) in [6.45, 7) is 2.71. The molecule has 0 fully saturated rings. The highest BCUT2D eigenvalue weighted by Gasteiger charge is 2.21. The molecular weight excluding hydrogens is 238 g/mol. The maximum absolute atomic E-state index is 9.42. The molecule has 102 valence electrons. The second-order valence-electron chi connectivity index (χ2n) is 4.96. The highest BCUT2D eigenvalue weighted by atomic mass is 16.3. The van der Waals surface area contributed by atoms with Gasteiger partial charge < -0.3 is 10.4 Å². The molecule has 2 rings (SSSR count). The fourth-order valence-electron chi connectivity index (χ4n) is 2.75. The average molecular weight is 259 g/mol. The number of aromatic nitrogens is 1. The standard InChI is InChI=1S/C15H21N3O/c1-2-5-14-13(10-16)11-6-3-4-7-12(11)15(18-14)17-8-9-19/h19H,2-9H2,1H3,(H,17,18). The minimum absolute atomic E-state index is 0.0968. The van der Waals surface area contributed by atoms with Crippen LogP contribution >= 0.6 is 0 Å². The Morgan fingerprint density at radius 1 is 1.32 bits per heavy atom. The number of aliphatic hydroxyl groups is 1. The number of hydrogen-bond donors (Lipinski definition) is 2. The summed E-state index contributed by atoms with van der Waals surface area (Å²) in [5.41, 5.74) is 4.08. The zero-order chi connectivity index (χ0) is 13.7. The van der Waals surface area contributed by atoms with Gasteiger partial charge in [-0.05, 0) is 43.2 Å². The van der Waals surface area contributed by atoms with E-state index in [2.05, 4.69) is 23.3 Å². The van der Waals surface area contributed by atoms with Crippen LogP contribution in [-0.2, 0) is 19.3 Å². The number of rotatable bonds is 5. The van der Waals surface area contributed by atoms with Crippen molar-refractivity contribution in [2.75, 3.05) is 18.5 Å². The van der Waals surface area contributed by atoms with Crippen LogP contribution in [-0.4, -0.2) is 23.2 Å². The van der Waals surface area contributed by atoms with E-state index in [-0.39, 0.29) is 6.61 Å². The predicted octanol–water partition coefficient (Wildman–Crippen LogP) is 2.19. The molecular formula is C15H21N3O. The zero-order valence-electron chi connectivity index (χ0n) is 11.5. The van der Waals surface area contributed by atoms with Crippen molar-refractivity contribution in [3.63, 3.8) is 0 Å². The second-order valence-corrected chi connectivity index (χ2v) is 4.96. The monoisotopic (exact) mass is 259 g/mol. The maximum Gasteiger partial charge on any atom is 0.129 e. The lowest BCUT2D eigenvalue weighted by atomic mass is 9.87. The minimum Gasteiger partial charge on any atom is -0.395 e. The normalized spacial score (nSPS) is 13.7. The maximum atomic E-state index is 9.42. The van der Waals surface area contributed by atoms with Gasteiger partial charge in [-0.25, -0.2) is 4.98 Å². The average Bonchev–Trinajstić information content (AvgIpc) is 2.45. The summed E-state index contributed by atoms with van der Waals surface area (Å²) >= 11 is 0. The van der Waals surface area contributed by atoms with Crippen molar-refractivity contribution >= 4 is 5.82 Å². The number of nitrogens with zero attached hydrogens (tertiary/aromatic N) is 2. The van der Waals surface area contributed by atoms with Crippen molar-refractivity contribution in [2.45, 2.75) is 45.4 Å². The lowest BCUT2D eigenvalue weighted by molar-refractivity contribution is 0.311. The summed E-state index contributed by atoms with van der Waals surface area (Å²) < 4.78 is 0. The van der Waals surface area contributed by atoms with Gasteiger partial charge in [-0.3, -0.25) is 0 Å². The Morgan fingerprint density at radius 2 is 2.05 bits per heavy atom. The molecule has 0 unspecified atom stereocenters. The summed E-state index contributed by atoms with van der Waals surface area (Å²) in [5, 5.41) is 21.6. The lowest BCUT2D eigenvalue weighted by Gasteiger charge is -2.22. The van der Waals surface area contributed by atoms with E-state index in [9.17, 15) is 5.26 Å². The lowest BCUT2D eigenvalue weighted by Crippen LogP contribution is -2.16. The summed E-state index contributed by atoms with van der Waals surface area (Å²) in [4.78, 5) is 4.64. The highest BCUT2D eigenvalue weighted by molar-refractivity contribution is 5.57. The van der Waals surface area contributed by atoms with Crippen LogP contribution in [0.2, 0.25) is 0 Å².